The zero-order valence-corrected chi connectivity index (χ0v) is 8.08. The van der Waals surface area contributed by atoms with Crippen molar-refractivity contribution >= 4 is 5.95 Å². The lowest BCUT2D eigenvalue weighted by atomic mass is 10.2. The monoisotopic (exact) mass is 203 g/mol. The molecular weight excluding hydrogens is 194 g/mol. The summed E-state index contributed by atoms with van der Waals surface area (Å²) in [6, 6.07) is 3.58. The third-order valence-electron chi connectivity index (χ3n) is 1.80. The molecule has 6 heteroatoms. The highest BCUT2D eigenvalue weighted by atomic mass is 16.5. The Bertz CT molecular complexity index is 474. The van der Waals surface area contributed by atoms with E-state index in [4.69, 9.17) is 10.5 Å². The van der Waals surface area contributed by atoms with Crippen molar-refractivity contribution in [2.24, 2.45) is 0 Å². The molecule has 6 nitrogen and oxygen atoms in total. The third kappa shape index (κ3) is 1.83. The summed E-state index contributed by atoms with van der Waals surface area (Å²) in [5, 5.41) is 0. The van der Waals surface area contributed by atoms with E-state index in [0.29, 0.717) is 17.3 Å². The Labute approximate surface area is 86.2 Å². The van der Waals surface area contributed by atoms with Crippen LogP contribution in [0.1, 0.15) is 0 Å². The van der Waals surface area contributed by atoms with Crippen molar-refractivity contribution in [3.05, 3.63) is 24.7 Å². The van der Waals surface area contributed by atoms with Gasteiger partial charge in [0.2, 0.25) is 11.8 Å². The molecule has 2 aromatic rings. The highest BCUT2D eigenvalue weighted by molar-refractivity contribution is 5.61. The Morgan fingerprint density at radius 2 is 2.13 bits per heavy atom. The Morgan fingerprint density at radius 3 is 2.87 bits per heavy atom. The predicted octanol–water partition coefficient (Wildman–Crippen LogP) is 0.524. The molecule has 0 saturated carbocycles. The van der Waals surface area contributed by atoms with E-state index in [2.05, 4.69) is 19.9 Å². The second-order valence-corrected chi connectivity index (χ2v) is 2.73. The van der Waals surface area contributed by atoms with Crippen molar-refractivity contribution in [1.29, 1.82) is 0 Å². The van der Waals surface area contributed by atoms with Crippen LogP contribution in [0.2, 0.25) is 0 Å². The number of rotatable bonds is 2. The van der Waals surface area contributed by atoms with Gasteiger partial charge >= 0.3 is 0 Å². The number of hydrogen-bond donors (Lipinski definition) is 1. The van der Waals surface area contributed by atoms with E-state index >= 15 is 0 Å². The number of aromatic nitrogens is 4. The zero-order valence-electron chi connectivity index (χ0n) is 8.08. The molecule has 2 rings (SSSR count). The number of ether oxygens (including phenoxy) is 1. The summed E-state index contributed by atoms with van der Waals surface area (Å²) >= 11 is 0. The van der Waals surface area contributed by atoms with E-state index in [0.717, 1.165) is 0 Å². The van der Waals surface area contributed by atoms with Crippen LogP contribution in [0.25, 0.3) is 11.4 Å². The van der Waals surface area contributed by atoms with E-state index in [9.17, 15) is 0 Å². The van der Waals surface area contributed by atoms with Gasteiger partial charge in [-0.2, -0.15) is 4.98 Å². The van der Waals surface area contributed by atoms with Gasteiger partial charge in [-0.15, -0.1) is 0 Å². The molecule has 0 unspecified atom stereocenters. The molecular formula is C9H9N5O. The molecule has 76 valence electrons. The second-order valence-electron chi connectivity index (χ2n) is 2.73. The van der Waals surface area contributed by atoms with Crippen molar-refractivity contribution in [3.8, 4) is 17.3 Å². The number of hydrogen-bond acceptors (Lipinski definition) is 6. The Morgan fingerprint density at radius 1 is 1.27 bits per heavy atom. The van der Waals surface area contributed by atoms with Gasteiger partial charge in [-0.1, -0.05) is 0 Å². The molecule has 2 aromatic heterocycles. The Hall–Kier alpha value is -2.24. The summed E-state index contributed by atoms with van der Waals surface area (Å²) in [7, 11) is 1.54. The number of pyridine rings is 1. The molecule has 2 N–H and O–H groups in total. The van der Waals surface area contributed by atoms with Gasteiger partial charge in [0.1, 0.15) is 6.33 Å². The first-order valence-electron chi connectivity index (χ1n) is 4.25. The first-order chi connectivity index (χ1) is 7.31. The summed E-state index contributed by atoms with van der Waals surface area (Å²) in [6.45, 7) is 0. The second kappa shape index (κ2) is 3.87. The summed E-state index contributed by atoms with van der Waals surface area (Å²) in [5.74, 6) is 1.08. The van der Waals surface area contributed by atoms with Crippen molar-refractivity contribution in [1.82, 2.24) is 19.9 Å². The lowest BCUT2D eigenvalue weighted by Gasteiger charge is -2.04. The molecule has 0 atom stereocenters. The smallest absolute Gasteiger partial charge is 0.224 e. The minimum Gasteiger partial charge on any atom is -0.480 e. The van der Waals surface area contributed by atoms with E-state index in [1.165, 1.54) is 13.4 Å². The van der Waals surface area contributed by atoms with Gasteiger partial charge in [-0.3, -0.25) is 0 Å². The molecule has 0 bridgehead atoms. The largest absolute Gasteiger partial charge is 0.480 e. The first kappa shape index (κ1) is 9.32. The quantitative estimate of drug-likeness (QED) is 0.765. The highest BCUT2D eigenvalue weighted by Crippen LogP contribution is 2.23. The van der Waals surface area contributed by atoms with Gasteiger partial charge in [0.15, 0.2) is 5.82 Å². The van der Waals surface area contributed by atoms with Crippen molar-refractivity contribution < 1.29 is 4.74 Å². The standard InChI is InChI=1S/C9H9N5O/c1-15-8-6(3-2-4-11-8)7-12-5-13-9(10)14-7/h2-5H,1H3,(H2,10,12,13,14). The highest BCUT2D eigenvalue weighted by Gasteiger charge is 2.09. The minimum atomic E-state index is 0.172. The maximum atomic E-state index is 5.46. The first-order valence-corrected chi connectivity index (χ1v) is 4.25. The van der Waals surface area contributed by atoms with E-state index in [1.807, 2.05) is 0 Å². The van der Waals surface area contributed by atoms with E-state index in [-0.39, 0.29) is 5.95 Å². The Kier molecular flexibility index (Phi) is 2.40. The van der Waals surface area contributed by atoms with E-state index in [1.54, 1.807) is 18.3 Å². The fourth-order valence-corrected chi connectivity index (χ4v) is 1.16. The maximum Gasteiger partial charge on any atom is 0.224 e. The SMILES string of the molecule is COc1ncccc1-c1ncnc(N)n1. The predicted molar refractivity (Wildman–Crippen MR) is 54.0 cm³/mol. The van der Waals surface area contributed by atoms with Gasteiger partial charge in [0.05, 0.1) is 12.7 Å². The number of nitrogens with zero attached hydrogens (tertiary/aromatic N) is 4. The van der Waals surface area contributed by atoms with Crippen LogP contribution in [0, 0.1) is 0 Å². The van der Waals surface area contributed by atoms with Gasteiger partial charge in [-0.05, 0) is 12.1 Å². The molecule has 0 radical (unpaired) electrons. The molecule has 0 saturated heterocycles. The lowest BCUT2D eigenvalue weighted by Crippen LogP contribution is -2.00. The Balaban J connectivity index is 2.53. The zero-order chi connectivity index (χ0) is 10.7. The van der Waals surface area contributed by atoms with Gasteiger partial charge in [-0.25, -0.2) is 15.0 Å². The van der Waals surface area contributed by atoms with Gasteiger partial charge in [0, 0.05) is 6.20 Å². The average molecular weight is 203 g/mol. The summed E-state index contributed by atoms with van der Waals surface area (Å²) in [5.41, 5.74) is 6.15. The van der Waals surface area contributed by atoms with E-state index < -0.39 is 0 Å². The van der Waals surface area contributed by atoms with Gasteiger partial charge < -0.3 is 10.5 Å². The number of anilines is 1. The van der Waals surface area contributed by atoms with Crippen LogP contribution in [-0.2, 0) is 0 Å². The van der Waals surface area contributed by atoms with Crippen LogP contribution >= 0.6 is 0 Å². The molecule has 0 aromatic carbocycles. The fourth-order valence-electron chi connectivity index (χ4n) is 1.16. The number of methoxy groups -OCH3 is 1. The van der Waals surface area contributed by atoms with Crippen molar-refractivity contribution in [3.63, 3.8) is 0 Å². The van der Waals surface area contributed by atoms with Crippen molar-refractivity contribution in [2.45, 2.75) is 0 Å². The fraction of sp³-hybridized carbons (Fsp3) is 0.111. The molecule has 2 heterocycles. The number of nitrogen functional groups attached to an aromatic ring is 1. The normalized spacial score (nSPS) is 9.93. The summed E-state index contributed by atoms with van der Waals surface area (Å²) in [4.78, 5) is 15.7. The average Bonchev–Trinajstić information content (AvgIpc) is 2.29. The lowest BCUT2D eigenvalue weighted by molar-refractivity contribution is 0.399. The molecule has 0 spiro atoms. The molecule has 0 amide bonds. The van der Waals surface area contributed by atoms with Crippen LogP contribution in [0.4, 0.5) is 5.95 Å². The van der Waals surface area contributed by atoms with Crippen molar-refractivity contribution in [2.75, 3.05) is 12.8 Å². The minimum absolute atomic E-state index is 0.172. The molecule has 0 fully saturated rings. The van der Waals surface area contributed by atoms with Gasteiger partial charge in [0.25, 0.3) is 0 Å². The summed E-state index contributed by atoms with van der Waals surface area (Å²) < 4.78 is 5.09. The van der Waals surface area contributed by atoms with Crippen LogP contribution in [-0.4, -0.2) is 27.0 Å². The van der Waals surface area contributed by atoms with Crippen LogP contribution in [0.5, 0.6) is 5.88 Å². The topological polar surface area (TPSA) is 86.8 Å². The van der Waals surface area contributed by atoms with Crippen LogP contribution < -0.4 is 10.5 Å². The maximum absolute atomic E-state index is 5.46. The number of nitrogens with two attached hydrogens (primary N) is 1. The molecule has 0 aliphatic carbocycles. The van der Waals surface area contributed by atoms with Crippen LogP contribution in [0.3, 0.4) is 0 Å². The third-order valence-corrected chi connectivity index (χ3v) is 1.80. The molecule has 15 heavy (non-hydrogen) atoms. The summed E-state index contributed by atoms with van der Waals surface area (Å²) in [6.07, 6.45) is 2.98. The van der Waals surface area contributed by atoms with Crippen LogP contribution in [0.15, 0.2) is 24.7 Å². The molecule has 0 aliphatic heterocycles. The molecule has 0 aliphatic rings.